The van der Waals surface area contributed by atoms with Gasteiger partial charge >= 0.3 is 0 Å². The van der Waals surface area contributed by atoms with Gasteiger partial charge in [-0.2, -0.15) is 5.26 Å². The summed E-state index contributed by atoms with van der Waals surface area (Å²) in [6.07, 6.45) is 0.994. The van der Waals surface area contributed by atoms with Gasteiger partial charge in [-0.1, -0.05) is 42.5 Å². The van der Waals surface area contributed by atoms with Gasteiger partial charge in [-0.25, -0.2) is 0 Å². The van der Waals surface area contributed by atoms with E-state index < -0.39 is 0 Å². The van der Waals surface area contributed by atoms with Crippen molar-refractivity contribution >= 4 is 0 Å². The Morgan fingerprint density at radius 3 is 2.67 bits per heavy atom. The minimum Gasteiger partial charge on any atom is -0.306 e. The zero-order chi connectivity index (χ0) is 12.4. The third-order valence-corrected chi connectivity index (χ3v) is 3.48. The average Bonchev–Trinajstić information content (AvgIpc) is 2.47. The Morgan fingerprint density at radius 1 is 1.06 bits per heavy atom. The van der Waals surface area contributed by atoms with E-state index in [1.54, 1.807) is 0 Å². The third-order valence-electron chi connectivity index (χ3n) is 3.48. The highest BCUT2D eigenvalue weighted by molar-refractivity contribution is 5.49. The van der Waals surface area contributed by atoms with Gasteiger partial charge in [0.05, 0.1) is 17.7 Å². The van der Waals surface area contributed by atoms with Crippen molar-refractivity contribution in [3.8, 4) is 6.07 Å². The number of hydrogen-bond donors (Lipinski definition) is 1. The van der Waals surface area contributed by atoms with Crippen LogP contribution >= 0.6 is 0 Å². The summed E-state index contributed by atoms with van der Waals surface area (Å²) in [5.41, 5.74) is 4.45. The first-order valence-electron chi connectivity index (χ1n) is 6.20. The fourth-order valence-corrected chi connectivity index (χ4v) is 2.65. The summed E-state index contributed by atoms with van der Waals surface area (Å²) in [7, 11) is 0. The van der Waals surface area contributed by atoms with Crippen LogP contribution in [0.4, 0.5) is 0 Å². The number of nitrogens with zero attached hydrogens (tertiary/aromatic N) is 1. The maximum atomic E-state index is 9.28. The predicted molar refractivity (Wildman–Crippen MR) is 71.1 cm³/mol. The second-order valence-corrected chi connectivity index (χ2v) is 4.54. The first kappa shape index (κ1) is 11.0. The molecule has 2 aromatic carbocycles. The number of benzene rings is 2. The molecule has 0 bridgehead atoms. The van der Waals surface area contributed by atoms with Crippen LogP contribution in [-0.4, -0.2) is 6.54 Å². The second kappa shape index (κ2) is 4.64. The fourth-order valence-electron chi connectivity index (χ4n) is 2.65. The molecule has 2 nitrogen and oxygen atoms in total. The summed E-state index contributed by atoms with van der Waals surface area (Å²) in [5, 5.41) is 12.8. The van der Waals surface area contributed by atoms with Gasteiger partial charge in [-0.3, -0.25) is 0 Å². The van der Waals surface area contributed by atoms with Crippen LogP contribution in [0.25, 0.3) is 0 Å². The predicted octanol–water partition coefficient (Wildman–Crippen LogP) is 2.79. The zero-order valence-electron chi connectivity index (χ0n) is 10.1. The molecule has 0 amide bonds. The summed E-state index contributed by atoms with van der Waals surface area (Å²) in [4.78, 5) is 0. The quantitative estimate of drug-likeness (QED) is 0.823. The molecule has 1 atom stereocenters. The van der Waals surface area contributed by atoms with E-state index >= 15 is 0 Å². The van der Waals surface area contributed by atoms with Gasteiger partial charge in [0.2, 0.25) is 0 Å². The Bertz CT molecular complexity index is 596. The van der Waals surface area contributed by atoms with E-state index in [1.807, 2.05) is 30.3 Å². The molecule has 0 saturated heterocycles. The molecule has 0 fully saturated rings. The number of nitrogens with one attached hydrogen (secondary N) is 1. The molecule has 0 spiro atoms. The van der Waals surface area contributed by atoms with E-state index in [1.165, 1.54) is 11.1 Å². The van der Waals surface area contributed by atoms with E-state index in [9.17, 15) is 5.26 Å². The molecule has 0 aromatic heterocycles. The Balaban J connectivity index is 2.15. The molecule has 1 unspecified atom stereocenters. The van der Waals surface area contributed by atoms with Gasteiger partial charge in [0.25, 0.3) is 0 Å². The van der Waals surface area contributed by atoms with Crippen molar-refractivity contribution in [1.82, 2.24) is 5.32 Å². The number of rotatable bonds is 1. The van der Waals surface area contributed by atoms with Crippen molar-refractivity contribution in [3.05, 3.63) is 70.8 Å². The van der Waals surface area contributed by atoms with Crippen molar-refractivity contribution in [3.63, 3.8) is 0 Å². The van der Waals surface area contributed by atoms with Gasteiger partial charge in [0.15, 0.2) is 0 Å². The molecule has 2 aromatic rings. The van der Waals surface area contributed by atoms with E-state index in [2.05, 4.69) is 29.6 Å². The summed E-state index contributed by atoms with van der Waals surface area (Å²) in [6.45, 7) is 0.960. The summed E-state index contributed by atoms with van der Waals surface area (Å²) in [6, 6.07) is 18.8. The van der Waals surface area contributed by atoms with Gasteiger partial charge in [0.1, 0.15) is 0 Å². The zero-order valence-corrected chi connectivity index (χ0v) is 10.1. The van der Waals surface area contributed by atoms with Crippen molar-refractivity contribution in [1.29, 1.82) is 5.26 Å². The van der Waals surface area contributed by atoms with Crippen molar-refractivity contribution in [2.75, 3.05) is 6.54 Å². The smallest absolute Gasteiger partial charge is 0.0995 e. The largest absolute Gasteiger partial charge is 0.306 e. The Kier molecular flexibility index (Phi) is 2.84. The lowest BCUT2D eigenvalue weighted by Gasteiger charge is -2.28. The van der Waals surface area contributed by atoms with E-state index in [4.69, 9.17) is 0 Å². The highest BCUT2D eigenvalue weighted by atomic mass is 14.9. The minimum atomic E-state index is 0.144. The number of fused-ring (bicyclic) bond motifs is 1. The van der Waals surface area contributed by atoms with Gasteiger partial charge in [-0.05, 0) is 29.2 Å². The molecule has 88 valence electrons. The molecule has 0 radical (unpaired) electrons. The van der Waals surface area contributed by atoms with Crippen molar-refractivity contribution in [2.45, 2.75) is 12.5 Å². The van der Waals surface area contributed by atoms with Crippen LogP contribution in [-0.2, 0) is 6.42 Å². The normalized spacial score (nSPS) is 17.8. The highest BCUT2D eigenvalue weighted by Crippen LogP contribution is 2.31. The molecule has 2 heteroatoms. The molecule has 1 aliphatic rings. The second-order valence-electron chi connectivity index (χ2n) is 4.54. The van der Waals surface area contributed by atoms with Crippen molar-refractivity contribution < 1.29 is 0 Å². The fraction of sp³-hybridized carbons (Fsp3) is 0.188. The highest BCUT2D eigenvalue weighted by Gasteiger charge is 2.23. The van der Waals surface area contributed by atoms with Gasteiger partial charge in [0, 0.05) is 6.54 Å². The van der Waals surface area contributed by atoms with E-state index in [0.717, 1.165) is 24.1 Å². The average molecular weight is 234 g/mol. The molecule has 18 heavy (non-hydrogen) atoms. The molecule has 0 saturated carbocycles. The SMILES string of the molecule is N#Cc1cccc2c1C(c1ccccc1)NCC2. The van der Waals surface area contributed by atoms with Crippen LogP contribution in [0.15, 0.2) is 48.5 Å². The van der Waals surface area contributed by atoms with Crippen LogP contribution < -0.4 is 5.32 Å². The lowest BCUT2D eigenvalue weighted by Crippen LogP contribution is -2.31. The molecule has 3 rings (SSSR count). The first-order chi connectivity index (χ1) is 8.90. The third kappa shape index (κ3) is 1.79. The summed E-state index contributed by atoms with van der Waals surface area (Å²) >= 11 is 0. The molecular formula is C16H14N2. The number of hydrogen-bond acceptors (Lipinski definition) is 2. The topological polar surface area (TPSA) is 35.8 Å². The summed E-state index contributed by atoms with van der Waals surface area (Å²) in [5.74, 6) is 0. The standard InChI is InChI=1S/C16H14N2/c17-11-14-8-4-7-12-9-10-18-16(15(12)14)13-5-2-1-3-6-13/h1-8,16,18H,9-10H2. The van der Waals surface area contributed by atoms with Crippen LogP contribution in [0.2, 0.25) is 0 Å². The van der Waals surface area contributed by atoms with Crippen LogP contribution in [0, 0.1) is 11.3 Å². The number of nitriles is 1. The lowest BCUT2D eigenvalue weighted by atomic mass is 9.87. The van der Waals surface area contributed by atoms with E-state index in [-0.39, 0.29) is 6.04 Å². The molecule has 0 aliphatic carbocycles. The molecule has 1 heterocycles. The lowest BCUT2D eigenvalue weighted by molar-refractivity contribution is 0.566. The monoisotopic (exact) mass is 234 g/mol. The molecular weight excluding hydrogens is 220 g/mol. The van der Waals surface area contributed by atoms with Crippen LogP contribution in [0.5, 0.6) is 0 Å². The van der Waals surface area contributed by atoms with E-state index in [0.29, 0.717) is 0 Å². The first-order valence-corrected chi connectivity index (χ1v) is 6.20. The molecule has 1 N–H and O–H groups in total. The Hall–Kier alpha value is -2.11. The summed E-state index contributed by atoms with van der Waals surface area (Å²) < 4.78 is 0. The maximum Gasteiger partial charge on any atom is 0.0995 e. The maximum absolute atomic E-state index is 9.28. The Morgan fingerprint density at radius 2 is 1.89 bits per heavy atom. The molecule has 1 aliphatic heterocycles. The Labute approximate surface area is 107 Å². The van der Waals surface area contributed by atoms with Crippen LogP contribution in [0.1, 0.15) is 28.3 Å². The van der Waals surface area contributed by atoms with Crippen molar-refractivity contribution in [2.24, 2.45) is 0 Å². The minimum absolute atomic E-state index is 0.144. The van der Waals surface area contributed by atoms with Crippen LogP contribution in [0.3, 0.4) is 0 Å². The van der Waals surface area contributed by atoms with Gasteiger partial charge in [-0.15, -0.1) is 0 Å². The van der Waals surface area contributed by atoms with Gasteiger partial charge < -0.3 is 5.32 Å².